The van der Waals surface area contributed by atoms with Crippen molar-refractivity contribution in [1.29, 1.82) is 0 Å². The largest absolute Gasteiger partial charge is 0.481 e. The zero-order valence-corrected chi connectivity index (χ0v) is 19.0. The first-order chi connectivity index (χ1) is 16.1. The second-order valence-electron chi connectivity index (χ2n) is 7.54. The monoisotopic (exact) mass is 490 g/mol. The minimum atomic E-state index is -3.90. The Balaban J connectivity index is 1.97. The molecule has 0 heterocycles. The van der Waals surface area contributed by atoms with Crippen LogP contribution >= 0.6 is 0 Å². The summed E-state index contributed by atoms with van der Waals surface area (Å²) in [7, 11) is -3.90. The van der Waals surface area contributed by atoms with Crippen molar-refractivity contribution in [2.45, 2.75) is 42.5 Å². The molecule has 0 bridgehead atoms. The lowest BCUT2D eigenvalue weighted by atomic mass is 9.92. The van der Waals surface area contributed by atoms with Gasteiger partial charge in [0, 0.05) is 6.54 Å². The molecule has 1 unspecified atom stereocenters. The fourth-order valence-corrected chi connectivity index (χ4v) is 4.42. The molecule has 34 heavy (non-hydrogen) atoms. The Hall–Kier alpha value is -3.57. The van der Waals surface area contributed by atoms with E-state index in [0.717, 1.165) is 6.07 Å². The Labute approximate surface area is 197 Å². The summed E-state index contributed by atoms with van der Waals surface area (Å²) in [5, 5.41) is 20.4. The van der Waals surface area contributed by atoms with E-state index in [1.807, 2.05) is 0 Å². The molecule has 182 valence electrons. The van der Waals surface area contributed by atoms with E-state index in [4.69, 9.17) is 10.2 Å². The molecule has 0 aromatic heterocycles. The van der Waals surface area contributed by atoms with Gasteiger partial charge in [0.15, 0.2) is 0 Å². The van der Waals surface area contributed by atoms with Gasteiger partial charge in [-0.2, -0.15) is 0 Å². The number of carboxylic acids is 2. The molecule has 1 amide bonds. The number of hydrogen-bond donors (Lipinski definition) is 4. The van der Waals surface area contributed by atoms with Crippen molar-refractivity contribution in [3.63, 3.8) is 0 Å². The summed E-state index contributed by atoms with van der Waals surface area (Å²) in [5.41, 5.74) is 0.544. The number of sulfonamides is 1. The molecule has 2 atom stereocenters. The van der Waals surface area contributed by atoms with E-state index in [0.29, 0.717) is 31.1 Å². The van der Waals surface area contributed by atoms with E-state index in [1.54, 1.807) is 30.3 Å². The molecule has 0 aliphatic rings. The Kier molecular flexibility index (Phi) is 9.90. The number of aliphatic carboxylic acids is 1. The fourth-order valence-electron chi connectivity index (χ4n) is 3.30. The predicted octanol–water partition coefficient (Wildman–Crippen LogP) is 1.78. The maximum absolute atomic E-state index is 12.8. The van der Waals surface area contributed by atoms with Crippen LogP contribution in [0, 0.1) is 0 Å². The molecule has 0 fully saturated rings. The predicted molar refractivity (Wildman–Crippen MR) is 122 cm³/mol. The van der Waals surface area contributed by atoms with Gasteiger partial charge in [-0.25, -0.2) is 17.9 Å². The highest BCUT2D eigenvalue weighted by Crippen LogP contribution is 2.23. The SMILES string of the molecule is O=C[C@H](CC(=O)O)NC(=O)C(CCCCNS(=O)(=O)c1cccc(C(=O)O)c1)c1ccccc1. The van der Waals surface area contributed by atoms with E-state index < -0.39 is 46.2 Å². The average molecular weight is 491 g/mol. The number of rotatable bonds is 14. The lowest BCUT2D eigenvalue weighted by molar-refractivity contribution is -0.138. The summed E-state index contributed by atoms with van der Waals surface area (Å²) in [5.74, 6) is -3.59. The number of carboxylic acid groups (broad SMARTS) is 2. The summed E-state index contributed by atoms with van der Waals surface area (Å²) < 4.78 is 27.3. The molecule has 11 heteroatoms. The van der Waals surface area contributed by atoms with Gasteiger partial charge in [-0.05, 0) is 36.6 Å². The molecule has 10 nitrogen and oxygen atoms in total. The molecular formula is C23H26N2O8S. The number of hydrogen-bond acceptors (Lipinski definition) is 6. The number of carbonyl (C=O) groups excluding carboxylic acids is 2. The topological polar surface area (TPSA) is 167 Å². The second-order valence-corrected chi connectivity index (χ2v) is 9.31. The molecule has 0 saturated heterocycles. The molecule has 4 N–H and O–H groups in total. The van der Waals surface area contributed by atoms with Gasteiger partial charge in [0.25, 0.3) is 0 Å². The summed E-state index contributed by atoms with van der Waals surface area (Å²) in [6.45, 7) is 0.0682. The normalized spacial score (nSPS) is 12.9. The Bertz CT molecular complexity index is 1120. The van der Waals surface area contributed by atoms with Crippen LogP contribution in [0.4, 0.5) is 0 Å². The molecule has 2 aromatic rings. The van der Waals surface area contributed by atoms with Crippen LogP contribution in [0.25, 0.3) is 0 Å². The lowest BCUT2D eigenvalue weighted by Crippen LogP contribution is -2.40. The maximum atomic E-state index is 12.8. The van der Waals surface area contributed by atoms with Gasteiger partial charge < -0.3 is 20.3 Å². The van der Waals surface area contributed by atoms with Crippen molar-refractivity contribution in [3.05, 3.63) is 65.7 Å². The minimum absolute atomic E-state index is 0.0682. The second kappa shape index (κ2) is 12.6. The van der Waals surface area contributed by atoms with E-state index >= 15 is 0 Å². The van der Waals surface area contributed by atoms with Crippen LogP contribution in [0.15, 0.2) is 59.5 Å². The van der Waals surface area contributed by atoms with Crippen LogP contribution in [-0.2, 0) is 24.4 Å². The van der Waals surface area contributed by atoms with Gasteiger partial charge in [-0.3, -0.25) is 9.59 Å². The highest BCUT2D eigenvalue weighted by Gasteiger charge is 2.24. The number of aromatic carboxylic acids is 1. The Morgan fingerprint density at radius 3 is 2.29 bits per heavy atom. The first-order valence-electron chi connectivity index (χ1n) is 10.5. The van der Waals surface area contributed by atoms with Crippen LogP contribution in [0.1, 0.15) is 47.5 Å². The zero-order valence-electron chi connectivity index (χ0n) is 18.2. The smallest absolute Gasteiger partial charge is 0.335 e. The van der Waals surface area contributed by atoms with Crippen molar-refractivity contribution in [3.8, 4) is 0 Å². The van der Waals surface area contributed by atoms with Crippen molar-refractivity contribution < 1.29 is 37.8 Å². The van der Waals surface area contributed by atoms with Crippen molar-refractivity contribution in [1.82, 2.24) is 10.0 Å². The molecule has 0 aliphatic carbocycles. The maximum Gasteiger partial charge on any atom is 0.335 e. The molecule has 0 saturated carbocycles. The van der Waals surface area contributed by atoms with E-state index in [1.165, 1.54) is 18.2 Å². The van der Waals surface area contributed by atoms with Gasteiger partial charge in [0.1, 0.15) is 6.29 Å². The summed E-state index contributed by atoms with van der Waals surface area (Å²) in [6, 6.07) is 12.6. The van der Waals surface area contributed by atoms with Crippen molar-refractivity contribution >= 4 is 34.2 Å². The number of carbonyl (C=O) groups is 4. The first kappa shape index (κ1) is 26.7. The quantitative estimate of drug-likeness (QED) is 0.230. The van der Waals surface area contributed by atoms with Crippen LogP contribution < -0.4 is 10.0 Å². The lowest BCUT2D eigenvalue weighted by Gasteiger charge is -2.19. The number of nitrogens with one attached hydrogen (secondary N) is 2. The number of amides is 1. The van der Waals surface area contributed by atoms with Crippen molar-refractivity contribution in [2.75, 3.05) is 6.54 Å². The van der Waals surface area contributed by atoms with Crippen molar-refractivity contribution in [2.24, 2.45) is 0 Å². The Morgan fingerprint density at radius 2 is 1.68 bits per heavy atom. The molecule has 0 aliphatic heterocycles. The van der Waals surface area contributed by atoms with Crippen LogP contribution in [-0.4, -0.2) is 55.3 Å². The molecule has 2 rings (SSSR count). The van der Waals surface area contributed by atoms with Crippen LogP contribution in [0.2, 0.25) is 0 Å². The van der Waals surface area contributed by atoms with Crippen LogP contribution in [0.3, 0.4) is 0 Å². The standard InChI is InChI=1S/C23H26N2O8S/c26-15-18(14-21(27)28)25-22(29)20(16-7-2-1-3-8-16)11-4-5-12-24-34(32,33)19-10-6-9-17(13-19)23(30)31/h1-3,6-10,13,15,18,20,24H,4-5,11-12,14H2,(H,25,29)(H,27,28)(H,30,31)/t18-,20?/m0/s1. The third kappa shape index (κ3) is 8.09. The van der Waals surface area contributed by atoms with Gasteiger partial charge >= 0.3 is 11.9 Å². The number of unbranched alkanes of at least 4 members (excludes halogenated alkanes) is 1. The van der Waals surface area contributed by atoms with E-state index in [9.17, 15) is 27.6 Å². The minimum Gasteiger partial charge on any atom is -0.481 e. The highest BCUT2D eigenvalue weighted by atomic mass is 32.2. The van der Waals surface area contributed by atoms with E-state index in [-0.39, 0.29) is 17.0 Å². The summed E-state index contributed by atoms with van der Waals surface area (Å²) in [6.07, 6.45) is 1.03. The number of benzene rings is 2. The summed E-state index contributed by atoms with van der Waals surface area (Å²) in [4.78, 5) is 45.7. The summed E-state index contributed by atoms with van der Waals surface area (Å²) >= 11 is 0. The highest BCUT2D eigenvalue weighted by molar-refractivity contribution is 7.89. The van der Waals surface area contributed by atoms with Gasteiger partial charge in [-0.15, -0.1) is 0 Å². The van der Waals surface area contributed by atoms with Gasteiger partial charge in [0.2, 0.25) is 15.9 Å². The molecule has 2 aromatic carbocycles. The third-order valence-electron chi connectivity index (χ3n) is 5.01. The molecule has 0 spiro atoms. The zero-order chi connectivity index (χ0) is 25.1. The molecule has 0 radical (unpaired) electrons. The van der Waals surface area contributed by atoms with E-state index in [2.05, 4.69) is 10.0 Å². The average Bonchev–Trinajstić information content (AvgIpc) is 2.81. The number of aldehydes is 1. The van der Waals surface area contributed by atoms with Gasteiger partial charge in [0.05, 0.1) is 28.8 Å². The van der Waals surface area contributed by atoms with Crippen LogP contribution in [0.5, 0.6) is 0 Å². The Morgan fingerprint density at radius 1 is 0.971 bits per heavy atom. The third-order valence-corrected chi connectivity index (χ3v) is 6.47. The van der Waals surface area contributed by atoms with Gasteiger partial charge in [-0.1, -0.05) is 42.8 Å². The fraction of sp³-hybridized carbons (Fsp3) is 0.304. The molecular weight excluding hydrogens is 464 g/mol. The first-order valence-corrected chi connectivity index (χ1v) is 12.0.